The van der Waals surface area contributed by atoms with Gasteiger partial charge in [0.05, 0.1) is 16.9 Å². The summed E-state index contributed by atoms with van der Waals surface area (Å²) in [5.74, 6) is 0.671. The molecule has 0 amide bonds. The summed E-state index contributed by atoms with van der Waals surface area (Å²) in [6, 6.07) is 41.5. The molecule has 0 aromatic heterocycles. The average molecular weight is 721 g/mol. The van der Waals surface area contributed by atoms with Crippen LogP contribution >= 0.6 is 0 Å². The van der Waals surface area contributed by atoms with Gasteiger partial charge in [-0.3, -0.25) is 0 Å². The third kappa shape index (κ3) is 6.02. The van der Waals surface area contributed by atoms with Gasteiger partial charge in [0.15, 0.2) is 0 Å². The van der Waals surface area contributed by atoms with Crippen LogP contribution < -0.4 is 9.80 Å². The van der Waals surface area contributed by atoms with Crippen molar-refractivity contribution in [2.24, 2.45) is 0 Å². The van der Waals surface area contributed by atoms with E-state index in [1.807, 2.05) is 0 Å². The molecule has 0 fully saturated rings. The first kappa shape index (κ1) is 36.6. The van der Waals surface area contributed by atoms with Crippen LogP contribution in [0.4, 0.5) is 28.4 Å². The first-order chi connectivity index (χ1) is 26.3. The van der Waals surface area contributed by atoms with Gasteiger partial charge < -0.3 is 9.80 Å². The lowest BCUT2D eigenvalue weighted by Gasteiger charge is -2.45. The number of allylic oxidation sites excluding steroid dienone is 2. The van der Waals surface area contributed by atoms with Gasteiger partial charge >= 0.3 is 0 Å². The number of anilines is 5. The summed E-state index contributed by atoms with van der Waals surface area (Å²) in [5.41, 5.74) is 16.8. The Morgan fingerprint density at radius 1 is 0.527 bits per heavy atom. The van der Waals surface area contributed by atoms with Crippen molar-refractivity contribution in [2.75, 3.05) is 9.80 Å². The van der Waals surface area contributed by atoms with Crippen molar-refractivity contribution in [3.63, 3.8) is 0 Å². The second-order valence-electron chi connectivity index (χ2n) is 17.2. The molecular formula is C53H56N2. The Labute approximate surface area is 329 Å². The minimum atomic E-state index is -0.258. The van der Waals surface area contributed by atoms with Crippen LogP contribution in [0.25, 0.3) is 32.3 Å². The van der Waals surface area contributed by atoms with E-state index in [0.29, 0.717) is 11.8 Å². The van der Waals surface area contributed by atoms with E-state index in [1.165, 1.54) is 105 Å². The molecule has 2 nitrogen and oxygen atoms in total. The monoisotopic (exact) mass is 720 g/mol. The van der Waals surface area contributed by atoms with Crippen molar-refractivity contribution in [1.29, 1.82) is 0 Å². The normalized spacial score (nSPS) is 16.3. The quantitative estimate of drug-likeness (QED) is 0.144. The number of hydrogen-bond donors (Lipinski definition) is 0. The number of aryl methyl sites for hydroxylation is 2. The van der Waals surface area contributed by atoms with E-state index >= 15 is 0 Å². The van der Waals surface area contributed by atoms with Gasteiger partial charge in [-0.1, -0.05) is 100 Å². The summed E-state index contributed by atoms with van der Waals surface area (Å²) in [5, 5.41) is 8.02. The highest BCUT2D eigenvalue weighted by atomic mass is 15.2. The minimum Gasteiger partial charge on any atom is -0.331 e. The first-order valence-electron chi connectivity index (χ1n) is 20.2. The van der Waals surface area contributed by atoms with Crippen molar-refractivity contribution in [3.8, 4) is 0 Å². The van der Waals surface area contributed by atoms with Crippen molar-refractivity contribution >= 4 is 60.8 Å². The third-order valence-electron chi connectivity index (χ3n) is 12.7. The zero-order valence-electron chi connectivity index (χ0n) is 34.7. The molecule has 1 unspecified atom stereocenters. The van der Waals surface area contributed by atoms with Gasteiger partial charge in [0.2, 0.25) is 0 Å². The van der Waals surface area contributed by atoms with Crippen LogP contribution in [0.2, 0.25) is 0 Å². The molecule has 7 aromatic rings. The smallest absolute Gasteiger partial charge is 0.0648 e. The summed E-state index contributed by atoms with van der Waals surface area (Å²) in [6.07, 6.45) is 3.49. The third-order valence-corrected chi connectivity index (χ3v) is 12.7. The van der Waals surface area contributed by atoms with E-state index in [1.54, 1.807) is 0 Å². The molecule has 0 aliphatic heterocycles. The number of hydrogen-bond acceptors (Lipinski definition) is 2. The maximum atomic E-state index is 2.66. The molecule has 0 N–H and O–H groups in total. The average Bonchev–Trinajstić information content (AvgIpc) is 3.16. The molecule has 7 aromatic carbocycles. The van der Waals surface area contributed by atoms with Gasteiger partial charge in [-0.15, -0.1) is 0 Å². The largest absolute Gasteiger partial charge is 0.331 e. The zero-order valence-corrected chi connectivity index (χ0v) is 34.7. The zero-order chi connectivity index (χ0) is 38.9. The SMILES string of the molecule is CC1=CC(C)(N(c2ccccc2)c2cc(C(C)C)c3ccc4c(N(c5ccccc5)c5cc(C)c(C)c(C)c5)cc(C(C)C)c5ccc2c3c54)CC(C)=C1C. The Morgan fingerprint density at radius 2 is 1.00 bits per heavy atom. The van der Waals surface area contributed by atoms with Crippen LogP contribution in [-0.4, -0.2) is 5.54 Å². The molecule has 8 rings (SSSR count). The van der Waals surface area contributed by atoms with Crippen LogP contribution in [0.1, 0.15) is 101 Å². The molecular weight excluding hydrogens is 665 g/mol. The van der Waals surface area contributed by atoms with Crippen molar-refractivity contribution in [3.05, 3.63) is 160 Å². The number of para-hydroxylation sites is 2. The number of benzene rings is 7. The number of rotatable bonds is 8. The van der Waals surface area contributed by atoms with Crippen LogP contribution in [0.15, 0.2) is 132 Å². The summed E-state index contributed by atoms with van der Waals surface area (Å²) in [6.45, 7) is 25.5. The standard InChI is InChI=1S/C53H56N2/c1-32(2)47-28-49(54(40-18-14-12-15-19-40)42-26-34(5)38(9)35(6)27-42)45-24-22-44-48(33(3)4)29-50(46-25-23-43(47)51(45)52(44)46)55(41-20-16-13-17-21-41)53(11)30-36(7)39(10)37(8)31-53/h12-30,32-33H,31H2,1-11H3. The van der Waals surface area contributed by atoms with Gasteiger partial charge in [0.1, 0.15) is 0 Å². The van der Waals surface area contributed by atoms with Gasteiger partial charge in [0.25, 0.3) is 0 Å². The second-order valence-corrected chi connectivity index (χ2v) is 17.2. The molecule has 278 valence electrons. The van der Waals surface area contributed by atoms with Crippen LogP contribution in [0, 0.1) is 20.8 Å². The molecule has 1 aliphatic rings. The predicted octanol–water partition coefficient (Wildman–Crippen LogP) is 15.8. The highest BCUT2D eigenvalue weighted by molar-refractivity contribution is 6.29. The summed E-state index contributed by atoms with van der Waals surface area (Å²) < 4.78 is 0. The topological polar surface area (TPSA) is 6.48 Å². The van der Waals surface area contributed by atoms with E-state index in [4.69, 9.17) is 0 Å². The number of nitrogens with zero attached hydrogens (tertiary/aromatic N) is 2. The highest BCUT2D eigenvalue weighted by Gasteiger charge is 2.36. The molecule has 0 heterocycles. The van der Waals surface area contributed by atoms with E-state index < -0.39 is 0 Å². The molecule has 1 atom stereocenters. The maximum absolute atomic E-state index is 2.66. The maximum Gasteiger partial charge on any atom is 0.0648 e. The summed E-state index contributed by atoms with van der Waals surface area (Å²) >= 11 is 0. The molecule has 55 heavy (non-hydrogen) atoms. The summed E-state index contributed by atoms with van der Waals surface area (Å²) in [4.78, 5) is 5.16. The molecule has 0 saturated carbocycles. The Bertz CT molecular complexity index is 2620. The van der Waals surface area contributed by atoms with Gasteiger partial charge in [-0.05, 0) is 176 Å². The molecule has 0 bridgehead atoms. The first-order valence-corrected chi connectivity index (χ1v) is 20.2. The van der Waals surface area contributed by atoms with E-state index in [9.17, 15) is 0 Å². The van der Waals surface area contributed by atoms with Gasteiger partial charge in [-0.25, -0.2) is 0 Å². The van der Waals surface area contributed by atoms with E-state index in [0.717, 1.165) is 6.42 Å². The molecule has 0 saturated heterocycles. The molecule has 1 aliphatic carbocycles. The van der Waals surface area contributed by atoms with Crippen LogP contribution in [0.3, 0.4) is 0 Å². The second kappa shape index (κ2) is 13.7. The van der Waals surface area contributed by atoms with Crippen molar-refractivity contribution in [1.82, 2.24) is 0 Å². The fourth-order valence-corrected chi connectivity index (χ4v) is 9.54. The fourth-order valence-electron chi connectivity index (χ4n) is 9.54. The van der Waals surface area contributed by atoms with E-state index in [-0.39, 0.29) is 5.54 Å². The van der Waals surface area contributed by atoms with Gasteiger partial charge in [-0.2, -0.15) is 0 Å². The highest BCUT2D eigenvalue weighted by Crippen LogP contribution is 2.52. The predicted molar refractivity (Wildman–Crippen MR) is 241 cm³/mol. The van der Waals surface area contributed by atoms with Crippen molar-refractivity contribution in [2.45, 2.75) is 100.0 Å². The van der Waals surface area contributed by atoms with E-state index in [2.05, 4.69) is 201 Å². The summed E-state index contributed by atoms with van der Waals surface area (Å²) in [7, 11) is 0. The molecule has 2 heteroatoms. The van der Waals surface area contributed by atoms with Gasteiger partial charge in [0, 0.05) is 27.8 Å². The molecule has 0 spiro atoms. The van der Waals surface area contributed by atoms with Crippen LogP contribution in [-0.2, 0) is 0 Å². The fraction of sp³-hybridized carbons (Fsp3) is 0.283. The Kier molecular flexibility index (Phi) is 9.16. The van der Waals surface area contributed by atoms with Crippen LogP contribution in [0.5, 0.6) is 0 Å². The lowest BCUT2D eigenvalue weighted by Crippen LogP contribution is -2.44. The van der Waals surface area contributed by atoms with Crippen molar-refractivity contribution < 1.29 is 0 Å². The Morgan fingerprint density at radius 3 is 1.51 bits per heavy atom. The Balaban J connectivity index is 1.52. The molecule has 0 radical (unpaired) electrons. The minimum absolute atomic E-state index is 0.258. The lowest BCUT2D eigenvalue weighted by atomic mass is 9.79. The Hall–Kier alpha value is -5.34. The lowest BCUT2D eigenvalue weighted by molar-refractivity contribution is 0.547.